The summed E-state index contributed by atoms with van der Waals surface area (Å²) < 4.78 is 13.1. The van der Waals surface area contributed by atoms with E-state index in [-0.39, 0.29) is 5.91 Å². The molecule has 2 aromatic carbocycles. The van der Waals surface area contributed by atoms with Gasteiger partial charge in [-0.05, 0) is 36.8 Å². The Hall–Kier alpha value is -2.89. The Morgan fingerprint density at radius 1 is 1.13 bits per heavy atom. The molecule has 1 saturated heterocycles. The van der Waals surface area contributed by atoms with Gasteiger partial charge in [-0.1, -0.05) is 24.3 Å². The molecule has 2 aromatic rings. The third-order valence-corrected chi connectivity index (χ3v) is 3.66. The number of para-hydroxylation sites is 1. The molecular weight excluding hydrogens is 297 g/mol. The molecule has 0 saturated carbocycles. The number of amides is 3. The Morgan fingerprint density at radius 2 is 1.91 bits per heavy atom. The Kier molecular flexibility index (Phi) is 4.23. The molecule has 0 radical (unpaired) electrons. The summed E-state index contributed by atoms with van der Waals surface area (Å²) in [7, 11) is 0. The third-order valence-electron chi connectivity index (χ3n) is 3.66. The molecular formula is C17H16FN3O2. The second-order valence-electron chi connectivity index (χ2n) is 5.28. The minimum atomic E-state index is -0.580. The minimum absolute atomic E-state index is 0.148. The zero-order valence-electron chi connectivity index (χ0n) is 12.3. The van der Waals surface area contributed by atoms with Gasteiger partial charge in [0.15, 0.2) is 0 Å². The predicted octanol–water partition coefficient (Wildman–Crippen LogP) is 2.75. The fourth-order valence-corrected chi connectivity index (χ4v) is 2.57. The molecule has 118 valence electrons. The maximum Gasteiger partial charge on any atom is 0.319 e. The number of halogens is 1. The zero-order chi connectivity index (χ0) is 16.2. The van der Waals surface area contributed by atoms with Gasteiger partial charge in [0.05, 0.1) is 0 Å². The van der Waals surface area contributed by atoms with Crippen molar-refractivity contribution in [2.24, 2.45) is 0 Å². The standard InChI is InChI=1S/C17H16FN3O2/c18-12-5-4-6-13(11-12)19-17(23)20-15-9-10-21(16(15)22)14-7-2-1-3-8-14/h1-8,11,15H,9-10H2,(H2,19,20,23)/t15-/m1/s1. The maximum absolute atomic E-state index is 13.1. The fourth-order valence-electron chi connectivity index (χ4n) is 2.57. The van der Waals surface area contributed by atoms with Crippen LogP contribution in [0.1, 0.15) is 6.42 Å². The van der Waals surface area contributed by atoms with Crippen LogP contribution in [0.5, 0.6) is 0 Å². The maximum atomic E-state index is 13.1. The molecule has 1 fully saturated rings. The lowest BCUT2D eigenvalue weighted by atomic mass is 10.2. The highest BCUT2D eigenvalue weighted by molar-refractivity contribution is 6.02. The van der Waals surface area contributed by atoms with Crippen molar-refractivity contribution in [3.63, 3.8) is 0 Å². The van der Waals surface area contributed by atoms with E-state index in [0.29, 0.717) is 18.7 Å². The van der Waals surface area contributed by atoms with Gasteiger partial charge in [-0.3, -0.25) is 4.79 Å². The van der Waals surface area contributed by atoms with E-state index in [9.17, 15) is 14.0 Å². The predicted molar refractivity (Wildman–Crippen MR) is 85.8 cm³/mol. The van der Waals surface area contributed by atoms with Crippen LogP contribution in [-0.4, -0.2) is 24.5 Å². The third kappa shape index (κ3) is 3.48. The molecule has 3 rings (SSSR count). The van der Waals surface area contributed by atoms with E-state index in [2.05, 4.69) is 10.6 Å². The molecule has 1 heterocycles. The van der Waals surface area contributed by atoms with E-state index < -0.39 is 17.9 Å². The number of carbonyl (C=O) groups is 2. The van der Waals surface area contributed by atoms with E-state index in [1.807, 2.05) is 30.3 Å². The van der Waals surface area contributed by atoms with Crippen LogP contribution in [0.15, 0.2) is 54.6 Å². The normalized spacial score (nSPS) is 17.2. The molecule has 3 amide bonds. The van der Waals surface area contributed by atoms with E-state index in [4.69, 9.17) is 0 Å². The molecule has 0 unspecified atom stereocenters. The van der Waals surface area contributed by atoms with Gasteiger partial charge in [0.25, 0.3) is 0 Å². The van der Waals surface area contributed by atoms with E-state index in [1.165, 1.54) is 18.2 Å². The second-order valence-corrected chi connectivity index (χ2v) is 5.28. The summed E-state index contributed by atoms with van der Waals surface area (Å²) in [4.78, 5) is 26.0. The summed E-state index contributed by atoms with van der Waals surface area (Å²) in [5.74, 6) is -0.583. The van der Waals surface area contributed by atoms with Crippen LogP contribution < -0.4 is 15.5 Å². The Labute approximate surface area is 133 Å². The first-order valence-electron chi connectivity index (χ1n) is 7.33. The van der Waals surface area contributed by atoms with Gasteiger partial charge in [0, 0.05) is 17.9 Å². The van der Waals surface area contributed by atoms with Crippen molar-refractivity contribution in [3.05, 3.63) is 60.4 Å². The summed E-state index contributed by atoms with van der Waals surface area (Å²) in [6, 6.07) is 13.8. The van der Waals surface area contributed by atoms with Gasteiger partial charge in [0.1, 0.15) is 11.9 Å². The average molecular weight is 313 g/mol. The molecule has 23 heavy (non-hydrogen) atoms. The molecule has 1 aliphatic rings. The quantitative estimate of drug-likeness (QED) is 0.915. The molecule has 5 nitrogen and oxygen atoms in total. The number of carbonyl (C=O) groups excluding carboxylic acids is 2. The number of nitrogens with one attached hydrogen (secondary N) is 2. The molecule has 1 aliphatic heterocycles. The Bertz CT molecular complexity index is 721. The van der Waals surface area contributed by atoms with Crippen LogP contribution in [0, 0.1) is 5.82 Å². The van der Waals surface area contributed by atoms with E-state index >= 15 is 0 Å². The van der Waals surface area contributed by atoms with Crippen molar-refractivity contribution in [1.29, 1.82) is 0 Å². The van der Waals surface area contributed by atoms with Crippen molar-refractivity contribution >= 4 is 23.3 Å². The minimum Gasteiger partial charge on any atom is -0.326 e. The number of benzene rings is 2. The van der Waals surface area contributed by atoms with Gasteiger partial charge in [0.2, 0.25) is 5.91 Å². The smallest absolute Gasteiger partial charge is 0.319 e. The lowest BCUT2D eigenvalue weighted by Crippen LogP contribution is -2.43. The van der Waals surface area contributed by atoms with Crippen molar-refractivity contribution in [1.82, 2.24) is 5.32 Å². The number of nitrogens with zero attached hydrogens (tertiary/aromatic N) is 1. The first kappa shape index (κ1) is 15.0. The van der Waals surface area contributed by atoms with E-state index in [1.54, 1.807) is 11.0 Å². The molecule has 2 N–H and O–H groups in total. The number of hydrogen-bond donors (Lipinski definition) is 2. The SMILES string of the molecule is O=C(Nc1cccc(F)c1)N[C@@H]1CCN(c2ccccc2)C1=O. The lowest BCUT2D eigenvalue weighted by molar-refractivity contribution is -0.118. The number of rotatable bonds is 3. The van der Waals surface area contributed by atoms with Crippen LogP contribution in [-0.2, 0) is 4.79 Å². The number of hydrogen-bond acceptors (Lipinski definition) is 2. The molecule has 6 heteroatoms. The van der Waals surface area contributed by atoms with Crippen LogP contribution in [0.2, 0.25) is 0 Å². The van der Waals surface area contributed by atoms with Gasteiger partial charge < -0.3 is 15.5 Å². The molecule has 1 atom stereocenters. The Morgan fingerprint density at radius 3 is 2.65 bits per heavy atom. The number of urea groups is 1. The lowest BCUT2D eigenvalue weighted by Gasteiger charge is -2.17. The summed E-state index contributed by atoms with van der Waals surface area (Å²) in [6.07, 6.45) is 0.532. The van der Waals surface area contributed by atoms with Crippen molar-refractivity contribution in [2.75, 3.05) is 16.8 Å². The largest absolute Gasteiger partial charge is 0.326 e. The summed E-state index contributed by atoms with van der Waals surface area (Å²) in [5.41, 5.74) is 1.15. The van der Waals surface area contributed by atoms with Crippen LogP contribution in [0.25, 0.3) is 0 Å². The topological polar surface area (TPSA) is 61.4 Å². The van der Waals surface area contributed by atoms with Gasteiger partial charge in [-0.25, -0.2) is 9.18 Å². The highest BCUT2D eigenvalue weighted by Crippen LogP contribution is 2.21. The van der Waals surface area contributed by atoms with Crippen molar-refractivity contribution < 1.29 is 14.0 Å². The molecule has 0 aromatic heterocycles. The van der Waals surface area contributed by atoms with Gasteiger partial charge in [-0.2, -0.15) is 0 Å². The Balaban J connectivity index is 1.60. The van der Waals surface area contributed by atoms with Gasteiger partial charge >= 0.3 is 6.03 Å². The molecule has 0 spiro atoms. The second kappa shape index (κ2) is 6.48. The molecule has 0 aliphatic carbocycles. The molecule has 0 bridgehead atoms. The monoisotopic (exact) mass is 313 g/mol. The first-order valence-corrected chi connectivity index (χ1v) is 7.33. The summed E-state index contributed by atoms with van der Waals surface area (Å²) >= 11 is 0. The van der Waals surface area contributed by atoms with Crippen LogP contribution >= 0.6 is 0 Å². The highest BCUT2D eigenvalue weighted by Gasteiger charge is 2.33. The van der Waals surface area contributed by atoms with Crippen molar-refractivity contribution in [2.45, 2.75) is 12.5 Å². The zero-order valence-corrected chi connectivity index (χ0v) is 12.3. The fraction of sp³-hybridized carbons (Fsp3) is 0.176. The van der Waals surface area contributed by atoms with Crippen LogP contribution in [0.4, 0.5) is 20.6 Å². The highest BCUT2D eigenvalue weighted by atomic mass is 19.1. The van der Waals surface area contributed by atoms with Crippen molar-refractivity contribution in [3.8, 4) is 0 Å². The van der Waals surface area contributed by atoms with Crippen LogP contribution in [0.3, 0.4) is 0 Å². The average Bonchev–Trinajstić information content (AvgIpc) is 2.89. The summed E-state index contributed by atoms with van der Waals surface area (Å²) in [5, 5.41) is 5.16. The number of anilines is 2. The first-order chi connectivity index (χ1) is 11.1. The summed E-state index contributed by atoms with van der Waals surface area (Å²) in [6.45, 7) is 0.549. The van der Waals surface area contributed by atoms with E-state index in [0.717, 1.165) is 5.69 Å². The van der Waals surface area contributed by atoms with Gasteiger partial charge in [-0.15, -0.1) is 0 Å².